The highest BCUT2D eigenvalue weighted by molar-refractivity contribution is 7.11. The molecule has 0 saturated carbocycles. The number of nitrogens with zero attached hydrogens (tertiary/aromatic N) is 6. The van der Waals surface area contributed by atoms with Crippen molar-refractivity contribution >= 4 is 113 Å². The molecule has 2 aromatic heterocycles. The molecule has 0 amide bonds. The Morgan fingerprint density at radius 1 is 0.398 bits per heavy atom. The summed E-state index contributed by atoms with van der Waals surface area (Å²) in [5, 5.41) is 7.98. The van der Waals surface area contributed by atoms with Gasteiger partial charge in [0, 0.05) is 132 Å². The van der Waals surface area contributed by atoms with Crippen molar-refractivity contribution in [3.63, 3.8) is 0 Å². The van der Waals surface area contributed by atoms with Crippen molar-refractivity contribution < 1.29 is 18.1 Å². The summed E-state index contributed by atoms with van der Waals surface area (Å²) in [5.74, 6) is 1.01. The second kappa shape index (κ2) is 31.0. The molecule has 524 valence electrons. The van der Waals surface area contributed by atoms with E-state index >= 15 is 0 Å². The van der Waals surface area contributed by atoms with Gasteiger partial charge in [-0.1, -0.05) is 121 Å². The molecule has 0 radical (unpaired) electrons. The molecule has 0 saturated heterocycles. The van der Waals surface area contributed by atoms with E-state index in [1.54, 1.807) is 11.8 Å². The summed E-state index contributed by atoms with van der Waals surface area (Å²) in [4.78, 5) is 9.96. The summed E-state index contributed by atoms with van der Waals surface area (Å²) in [6, 6.07) is 75.5. The first kappa shape index (κ1) is 71.5. The van der Waals surface area contributed by atoms with Gasteiger partial charge in [0.15, 0.2) is 17.1 Å². The predicted molar refractivity (Wildman–Crippen MR) is 445 cm³/mol. The van der Waals surface area contributed by atoms with Crippen molar-refractivity contribution in [2.45, 2.75) is 124 Å². The van der Waals surface area contributed by atoms with Gasteiger partial charge in [-0.3, -0.25) is 0 Å². The molecule has 3 unspecified atom stereocenters. The third kappa shape index (κ3) is 14.2. The number of rotatable bonds is 21. The standard InChI is InChI=1S/C32H35N2S.C32H37N2.C31H33N2O/c1-6-34(7-2)26-17-13-24(14-18-26)15-21-30-32(4,22-27-19-12-23(3)35-27)31-28-11-9-8-10-25(28)16-20-29(31)33(30)5;1-5-34(6-2)27-19-15-24(16-20-27)17-22-30-32(3,23-25-11-7-8-12-25)31-28-14-10-9-13-26(28)18-21-29(31)33(30)4;1-5-33(6-2)25-17-13-23(14-18-25)15-20-29-31(3,22-26-11-9-21-34-26)30-27-12-8-7-10-24(27)16-19-28(30)32(29)4/h8-21H,6-7,22H2,1-5H3;9-11,13-22H,5-8,12,23H2,1-4H3;7-21H,5-6,22H2,1-4H3/q3*+1. The summed E-state index contributed by atoms with van der Waals surface area (Å²) in [7, 11) is 6.65. The van der Waals surface area contributed by atoms with Crippen molar-refractivity contribution in [3.8, 4) is 0 Å². The van der Waals surface area contributed by atoms with Gasteiger partial charge in [0.25, 0.3) is 0 Å². The van der Waals surface area contributed by atoms with Gasteiger partial charge in [-0.05, 0) is 241 Å². The van der Waals surface area contributed by atoms with E-state index in [0.717, 1.165) is 64.3 Å². The monoisotopic (exact) mass is 1380 g/mol. The van der Waals surface area contributed by atoms with Crippen molar-refractivity contribution in [2.75, 3.05) is 75.1 Å². The Hall–Kier alpha value is -9.89. The third-order valence-corrected chi connectivity index (χ3v) is 23.8. The average Bonchev–Trinajstić information content (AvgIpc) is 1.59. The number of thiophene rings is 1. The normalized spacial score (nSPS) is 18.3. The van der Waals surface area contributed by atoms with E-state index in [2.05, 4.69) is 362 Å². The lowest BCUT2D eigenvalue weighted by atomic mass is 9.72. The predicted octanol–water partition coefficient (Wildman–Crippen LogP) is 23.1. The first-order valence-corrected chi connectivity index (χ1v) is 38.6. The number of anilines is 3. The van der Waals surface area contributed by atoms with Crippen LogP contribution in [0.4, 0.5) is 34.1 Å². The zero-order valence-corrected chi connectivity index (χ0v) is 64.1. The molecule has 11 aromatic rings. The molecular formula is C95H105N6OS+3. The van der Waals surface area contributed by atoms with E-state index in [1.165, 1.54) is 146 Å². The number of hydrogen-bond acceptors (Lipinski definition) is 5. The summed E-state index contributed by atoms with van der Waals surface area (Å²) in [6.45, 7) is 28.9. The Morgan fingerprint density at radius 2 is 0.767 bits per heavy atom. The van der Waals surface area contributed by atoms with Gasteiger partial charge >= 0.3 is 0 Å². The van der Waals surface area contributed by atoms with Crippen molar-refractivity contribution in [2.24, 2.45) is 0 Å². The summed E-state index contributed by atoms with van der Waals surface area (Å²) >= 11 is 1.92. The molecule has 0 N–H and O–H groups in total. The minimum absolute atomic E-state index is 0.0429. The van der Waals surface area contributed by atoms with Crippen LogP contribution in [0.25, 0.3) is 50.5 Å². The van der Waals surface area contributed by atoms with Gasteiger partial charge in [-0.25, -0.2) is 0 Å². The molecule has 5 heterocycles. The second-order valence-corrected chi connectivity index (χ2v) is 30.4. The molecule has 9 aromatic carbocycles. The van der Waals surface area contributed by atoms with Crippen LogP contribution in [0.5, 0.6) is 0 Å². The van der Waals surface area contributed by atoms with E-state index in [1.807, 2.05) is 17.4 Å². The molecule has 103 heavy (non-hydrogen) atoms. The molecular weight excluding hydrogens is 1270 g/mol. The van der Waals surface area contributed by atoms with Gasteiger partial charge in [-0.2, -0.15) is 13.7 Å². The molecule has 15 rings (SSSR count). The Labute approximate surface area is 617 Å². The molecule has 0 spiro atoms. The Balaban J connectivity index is 0.000000138. The van der Waals surface area contributed by atoms with E-state index in [-0.39, 0.29) is 16.2 Å². The molecule has 7 nitrogen and oxygen atoms in total. The lowest BCUT2D eigenvalue weighted by molar-refractivity contribution is -0.401. The smallest absolute Gasteiger partial charge is 0.210 e. The highest BCUT2D eigenvalue weighted by Gasteiger charge is 2.51. The average molecular weight is 1380 g/mol. The fraction of sp³-hybridized carbons (Fsp3) is 0.295. The summed E-state index contributed by atoms with van der Waals surface area (Å²) in [6.07, 6.45) is 24.8. The second-order valence-electron chi connectivity index (χ2n) is 29.0. The Morgan fingerprint density at radius 3 is 1.10 bits per heavy atom. The van der Waals surface area contributed by atoms with Crippen molar-refractivity contribution in [1.82, 2.24) is 0 Å². The highest BCUT2D eigenvalue weighted by atomic mass is 32.1. The molecule has 3 aliphatic heterocycles. The van der Waals surface area contributed by atoms with Crippen LogP contribution in [0, 0.1) is 6.92 Å². The van der Waals surface area contributed by atoms with Gasteiger partial charge in [0.1, 0.15) is 26.9 Å². The fourth-order valence-electron chi connectivity index (χ4n) is 17.4. The maximum Gasteiger partial charge on any atom is 0.210 e. The largest absolute Gasteiger partial charge is 0.469 e. The topological polar surface area (TPSA) is 31.9 Å². The summed E-state index contributed by atoms with van der Waals surface area (Å²) < 4.78 is 13.0. The number of furan rings is 1. The first-order chi connectivity index (χ1) is 50.0. The van der Waals surface area contributed by atoms with Crippen LogP contribution in [0.3, 0.4) is 0 Å². The number of allylic oxidation sites excluding steroid dienone is 5. The van der Waals surface area contributed by atoms with Crippen molar-refractivity contribution in [1.29, 1.82) is 0 Å². The molecule has 0 bridgehead atoms. The third-order valence-electron chi connectivity index (χ3n) is 22.8. The lowest BCUT2D eigenvalue weighted by Gasteiger charge is -2.24. The van der Waals surface area contributed by atoms with Gasteiger partial charge in [0.2, 0.25) is 17.1 Å². The quantitative estimate of drug-likeness (QED) is 0.0530. The van der Waals surface area contributed by atoms with E-state index in [4.69, 9.17) is 4.42 Å². The van der Waals surface area contributed by atoms with Crippen LogP contribution in [0.2, 0.25) is 0 Å². The molecule has 1 aliphatic carbocycles. The Kier molecular flexibility index (Phi) is 21.5. The maximum absolute atomic E-state index is 5.83. The number of aryl methyl sites for hydroxylation is 1. The van der Waals surface area contributed by atoms with Crippen LogP contribution in [-0.4, -0.2) is 91.3 Å². The lowest BCUT2D eigenvalue weighted by Crippen LogP contribution is -2.33. The minimum atomic E-state index is -0.208. The van der Waals surface area contributed by atoms with Crippen LogP contribution >= 0.6 is 11.3 Å². The van der Waals surface area contributed by atoms with Crippen LogP contribution < -0.4 is 14.7 Å². The highest BCUT2D eigenvalue weighted by Crippen LogP contribution is 2.51. The molecule has 4 aliphatic rings. The van der Waals surface area contributed by atoms with Gasteiger partial charge in [0.05, 0.1) is 22.5 Å². The minimum Gasteiger partial charge on any atom is -0.469 e. The van der Waals surface area contributed by atoms with Crippen LogP contribution in [0.15, 0.2) is 247 Å². The molecule has 3 atom stereocenters. The van der Waals surface area contributed by atoms with Crippen LogP contribution in [0.1, 0.15) is 137 Å². The van der Waals surface area contributed by atoms with E-state index in [0.29, 0.717) is 0 Å². The van der Waals surface area contributed by atoms with Crippen LogP contribution in [-0.2, 0) is 29.1 Å². The number of benzene rings is 9. The first-order valence-electron chi connectivity index (χ1n) is 37.8. The van der Waals surface area contributed by atoms with Crippen molar-refractivity contribution in [3.05, 3.63) is 291 Å². The van der Waals surface area contributed by atoms with Gasteiger partial charge < -0.3 is 19.1 Å². The molecule has 8 heteroatoms. The zero-order chi connectivity index (χ0) is 72.0. The number of fused-ring (bicyclic) bond motifs is 9. The zero-order valence-electron chi connectivity index (χ0n) is 63.2. The van der Waals surface area contributed by atoms with E-state index < -0.39 is 0 Å². The fourth-order valence-corrected chi connectivity index (χ4v) is 18.4. The molecule has 0 fully saturated rings. The van der Waals surface area contributed by atoms with E-state index in [9.17, 15) is 0 Å². The Bertz CT molecular complexity index is 5080. The SMILES string of the molecule is CCN(CC)c1ccc(/C=C/C2=[N+](C)c3ccc4ccccc4c3C2(C)CC2=CCCC2)cc1.CCN(CC)c1ccc(/C=C/C2=[N+](C)c3ccc4ccccc4c3C2(C)Cc2ccc(C)s2)cc1.CCN(CC)c1ccc(/C=C/C2=[N+](C)c3ccc4ccccc4c3C2(C)Cc2ccco2)cc1. The summed E-state index contributed by atoms with van der Waals surface area (Å²) in [5.41, 5.74) is 21.1. The number of hydrogen-bond donors (Lipinski definition) is 0. The van der Waals surface area contributed by atoms with Gasteiger partial charge in [-0.15, -0.1) is 11.3 Å². The maximum atomic E-state index is 5.83.